The summed E-state index contributed by atoms with van der Waals surface area (Å²) in [5.74, 6) is 0. The molecule has 1 N–H and O–H groups in total. The van der Waals surface area contributed by atoms with Crippen LogP contribution in [0.2, 0.25) is 0 Å². The van der Waals surface area contributed by atoms with Crippen LogP contribution in [0.5, 0.6) is 0 Å². The van der Waals surface area contributed by atoms with E-state index in [0.717, 1.165) is 16.7 Å². The number of alkyl halides is 3. The first-order chi connectivity index (χ1) is 11.3. The Kier molecular flexibility index (Phi) is 3.88. The first-order valence-electron chi connectivity index (χ1n) is 7.00. The summed E-state index contributed by atoms with van der Waals surface area (Å²) in [6.45, 7) is -0.210. The van der Waals surface area contributed by atoms with Crippen molar-refractivity contribution < 1.29 is 18.3 Å². The summed E-state index contributed by atoms with van der Waals surface area (Å²) in [5.41, 5.74) is -0.806. The van der Waals surface area contributed by atoms with Gasteiger partial charge in [0.15, 0.2) is 5.65 Å². The van der Waals surface area contributed by atoms with E-state index in [0.29, 0.717) is 5.65 Å². The minimum atomic E-state index is -4.50. The lowest BCUT2D eigenvalue weighted by Crippen LogP contribution is -2.23. The summed E-state index contributed by atoms with van der Waals surface area (Å²) in [4.78, 5) is 16.4. The normalized spacial score (nSPS) is 13.4. The van der Waals surface area contributed by atoms with Gasteiger partial charge in [-0.05, 0) is 17.7 Å². The highest BCUT2D eigenvalue weighted by molar-refractivity contribution is 5.72. The van der Waals surface area contributed by atoms with Crippen LogP contribution in [0.15, 0.2) is 41.6 Å². The number of hydrogen-bond acceptors (Lipinski definition) is 4. The first-order valence-corrected chi connectivity index (χ1v) is 7.00. The summed E-state index contributed by atoms with van der Waals surface area (Å²) in [7, 11) is 1.64. The third-order valence-electron chi connectivity index (χ3n) is 3.69. The Morgan fingerprint density at radius 2 is 2.08 bits per heavy atom. The van der Waals surface area contributed by atoms with Gasteiger partial charge in [0.2, 0.25) is 0 Å². The molecule has 0 amide bonds. The molecule has 1 unspecified atom stereocenters. The topological polar surface area (TPSA) is 72.9 Å². The zero-order chi connectivity index (χ0) is 17.5. The number of fused-ring (bicyclic) bond motifs is 1. The van der Waals surface area contributed by atoms with Crippen molar-refractivity contribution in [2.24, 2.45) is 7.05 Å². The third-order valence-corrected chi connectivity index (χ3v) is 3.69. The predicted octanol–water partition coefficient (Wildman–Crippen LogP) is 1.88. The second-order valence-electron chi connectivity index (χ2n) is 5.35. The lowest BCUT2D eigenvalue weighted by atomic mass is 10.1. The van der Waals surface area contributed by atoms with Gasteiger partial charge in [-0.2, -0.15) is 18.3 Å². The van der Waals surface area contributed by atoms with Crippen molar-refractivity contribution in [3.63, 3.8) is 0 Å². The van der Waals surface area contributed by atoms with Gasteiger partial charge < -0.3 is 5.11 Å². The molecule has 0 radical (unpaired) electrons. The van der Waals surface area contributed by atoms with Crippen LogP contribution in [0.4, 0.5) is 13.2 Å². The van der Waals surface area contributed by atoms with Crippen LogP contribution in [0.1, 0.15) is 17.2 Å². The number of aryl methyl sites for hydroxylation is 1. The van der Waals surface area contributed by atoms with Gasteiger partial charge in [0.25, 0.3) is 5.56 Å². The molecule has 9 heteroatoms. The number of aromatic nitrogens is 4. The Hall–Kier alpha value is -2.68. The molecule has 24 heavy (non-hydrogen) atoms. The first kappa shape index (κ1) is 16.2. The molecule has 2 aromatic heterocycles. The smallest absolute Gasteiger partial charge is 0.387 e. The summed E-state index contributed by atoms with van der Waals surface area (Å²) in [6, 6.07) is 4.38. The van der Waals surface area contributed by atoms with E-state index >= 15 is 0 Å². The van der Waals surface area contributed by atoms with E-state index in [2.05, 4.69) is 10.1 Å². The van der Waals surface area contributed by atoms with Crippen LogP contribution in [-0.4, -0.2) is 24.4 Å². The fraction of sp³-hybridized carbons (Fsp3) is 0.267. The standard InChI is InChI=1S/C15H13F3N4O2/c1-21-13-11(6-20-21)14(24)22(8-19-13)7-12(23)9-3-2-4-10(5-9)15(16,17)18/h2-6,8,12,23H,7H2,1H3. The van der Waals surface area contributed by atoms with Gasteiger partial charge in [0.05, 0.1) is 24.4 Å². The molecule has 3 rings (SSSR count). The van der Waals surface area contributed by atoms with Gasteiger partial charge in [0.1, 0.15) is 11.7 Å². The molecule has 0 aliphatic carbocycles. The van der Waals surface area contributed by atoms with Crippen LogP contribution in [0.25, 0.3) is 11.0 Å². The number of aliphatic hydroxyl groups excluding tert-OH is 1. The highest BCUT2D eigenvalue weighted by Crippen LogP contribution is 2.30. The Labute approximate surface area is 133 Å². The molecule has 0 bridgehead atoms. The number of rotatable bonds is 3. The SMILES string of the molecule is Cn1ncc2c(=O)n(CC(O)c3cccc(C(F)(F)F)c3)cnc21. The molecule has 0 saturated heterocycles. The highest BCUT2D eigenvalue weighted by atomic mass is 19.4. The molecule has 1 atom stereocenters. The van der Waals surface area contributed by atoms with Gasteiger partial charge in [-0.15, -0.1) is 0 Å². The minimum absolute atomic E-state index is 0.0722. The Morgan fingerprint density at radius 3 is 2.79 bits per heavy atom. The largest absolute Gasteiger partial charge is 0.416 e. The van der Waals surface area contributed by atoms with Gasteiger partial charge in [0, 0.05) is 7.05 Å². The zero-order valence-electron chi connectivity index (χ0n) is 12.5. The third kappa shape index (κ3) is 2.90. The Balaban J connectivity index is 1.91. The number of nitrogens with zero attached hydrogens (tertiary/aromatic N) is 4. The van der Waals surface area contributed by atoms with E-state index in [1.807, 2.05) is 0 Å². The summed E-state index contributed by atoms with van der Waals surface area (Å²) in [5, 5.41) is 14.4. The Bertz CT molecular complexity index is 946. The van der Waals surface area contributed by atoms with Gasteiger partial charge in [-0.1, -0.05) is 12.1 Å². The average Bonchev–Trinajstić information content (AvgIpc) is 2.91. The molecule has 126 valence electrons. The number of aliphatic hydroxyl groups is 1. The monoisotopic (exact) mass is 338 g/mol. The maximum Gasteiger partial charge on any atom is 0.416 e. The van der Waals surface area contributed by atoms with Gasteiger partial charge in [-0.3, -0.25) is 14.0 Å². The van der Waals surface area contributed by atoms with Gasteiger partial charge in [-0.25, -0.2) is 4.98 Å². The molecular weight excluding hydrogens is 325 g/mol. The zero-order valence-corrected chi connectivity index (χ0v) is 12.5. The summed E-state index contributed by atoms with van der Waals surface area (Å²) < 4.78 is 40.8. The van der Waals surface area contributed by atoms with Crippen molar-refractivity contribution >= 4 is 11.0 Å². The highest BCUT2D eigenvalue weighted by Gasteiger charge is 2.30. The molecule has 0 aliphatic rings. The maximum absolute atomic E-state index is 12.7. The molecule has 3 aromatic rings. The molecule has 2 heterocycles. The molecule has 0 aliphatic heterocycles. The maximum atomic E-state index is 12.7. The van der Waals surface area contributed by atoms with E-state index in [9.17, 15) is 23.1 Å². The van der Waals surface area contributed by atoms with E-state index in [-0.39, 0.29) is 17.5 Å². The molecule has 0 fully saturated rings. The van der Waals surface area contributed by atoms with Crippen LogP contribution in [-0.2, 0) is 19.8 Å². The second kappa shape index (κ2) is 5.75. The van der Waals surface area contributed by atoms with Crippen molar-refractivity contribution in [1.82, 2.24) is 19.3 Å². The van der Waals surface area contributed by atoms with Crippen molar-refractivity contribution in [3.05, 3.63) is 58.3 Å². The summed E-state index contributed by atoms with van der Waals surface area (Å²) in [6.07, 6.45) is -3.18. The van der Waals surface area contributed by atoms with Crippen LogP contribution in [0, 0.1) is 0 Å². The number of benzene rings is 1. The van der Waals surface area contributed by atoms with E-state index < -0.39 is 23.4 Å². The van der Waals surface area contributed by atoms with Crippen LogP contribution in [0.3, 0.4) is 0 Å². The van der Waals surface area contributed by atoms with Crippen molar-refractivity contribution in [3.8, 4) is 0 Å². The lowest BCUT2D eigenvalue weighted by molar-refractivity contribution is -0.137. The van der Waals surface area contributed by atoms with E-state index in [1.54, 1.807) is 7.05 Å². The van der Waals surface area contributed by atoms with Crippen molar-refractivity contribution in [2.75, 3.05) is 0 Å². The Morgan fingerprint density at radius 1 is 1.33 bits per heavy atom. The number of halogens is 3. The summed E-state index contributed by atoms with van der Waals surface area (Å²) >= 11 is 0. The fourth-order valence-corrected chi connectivity index (χ4v) is 2.41. The quantitative estimate of drug-likeness (QED) is 0.791. The van der Waals surface area contributed by atoms with Crippen LogP contribution < -0.4 is 5.56 Å². The fourth-order valence-electron chi connectivity index (χ4n) is 2.41. The van der Waals surface area contributed by atoms with Crippen molar-refractivity contribution in [2.45, 2.75) is 18.8 Å². The average molecular weight is 338 g/mol. The molecule has 1 aromatic carbocycles. The minimum Gasteiger partial charge on any atom is -0.387 e. The van der Waals surface area contributed by atoms with Crippen molar-refractivity contribution in [1.29, 1.82) is 0 Å². The lowest BCUT2D eigenvalue weighted by Gasteiger charge is -2.15. The number of hydrogen-bond donors (Lipinski definition) is 1. The molecular formula is C15H13F3N4O2. The van der Waals surface area contributed by atoms with E-state index in [4.69, 9.17) is 0 Å². The molecule has 0 spiro atoms. The van der Waals surface area contributed by atoms with Crippen LogP contribution >= 0.6 is 0 Å². The molecule has 0 saturated carbocycles. The van der Waals surface area contributed by atoms with Gasteiger partial charge >= 0.3 is 6.18 Å². The van der Waals surface area contributed by atoms with E-state index in [1.165, 1.54) is 29.3 Å². The molecule has 6 nitrogen and oxygen atoms in total. The predicted molar refractivity (Wildman–Crippen MR) is 79.2 cm³/mol. The second-order valence-corrected chi connectivity index (χ2v) is 5.35.